The van der Waals surface area contributed by atoms with Crippen LogP contribution in [0.25, 0.3) is 0 Å². The number of fused-ring (bicyclic) bond motifs is 1. The number of nitrogens with one attached hydrogen (secondary N) is 2. The number of nitrogens with zero attached hydrogens (tertiary/aromatic N) is 2. The third-order valence-corrected chi connectivity index (χ3v) is 7.39. The Morgan fingerprint density at radius 1 is 1.04 bits per heavy atom. The monoisotopic (exact) mass is 612 g/mol. The average molecular weight is 613 g/mol. The number of hydrogen-bond donors (Lipinski definition) is 2. The molecule has 0 bridgehead atoms. The first-order valence-corrected chi connectivity index (χ1v) is 15.4. The molecular weight excluding hydrogens is 572 g/mol. The smallest absolute Gasteiger partial charge is 0.410 e. The van der Waals surface area contributed by atoms with Gasteiger partial charge in [-0.3, -0.25) is 4.98 Å². The van der Waals surface area contributed by atoms with Gasteiger partial charge in [0.2, 0.25) is 5.79 Å². The van der Waals surface area contributed by atoms with Crippen molar-refractivity contribution in [3.05, 3.63) is 83.7 Å². The number of ether oxygens (including phenoxy) is 4. The van der Waals surface area contributed by atoms with E-state index in [1.54, 1.807) is 29.4 Å². The maximum atomic E-state index is 12.4. The van der Waals surface area contributed by atoms with E-state index in [9.17, 15) is 9.59 Å². The number of carbonyl (C=O) groups excluding carboxylic acids is 2. The highest BCUT2D eigenvalue weighted by atomic mass is 16.7. The fraction of sp³-hybridized carbons (Fsp3) is 0.400. The average Bonchev–Trinajstić information content (AvgIpc) is 3.39. The Bertz CT molecular complexity index is 1520. The summed E-state index contributed by atoms with van der Waals surface area (Å²) in [5.41, 5.74) is 4.03. The molecule has 2 aromatic carbocycles. The first kappa shape index (κ1) is 31.8. The zero-order chi connectivity index (χ0) is 31.5. The molecule has 1 atom stereocenters. The number of benzene rings is 2. The van der Waals surface area contributed by atoms with Gasteiger partial charge in [-0.15, -0.1) is 0 Å². The van der Waals surface area contributed by atoms with Gasteiger partial charge in [-0.1, -0.05) is 36.8 Å². The van der Waals surface area contributed by atoms with Crippen LogP contribution < -0.4 is 15.4 Å². The Balaban J connectivity index is 0.915. The topological polar surface area (TPSA) is 111 Å². The predicted octanol–water partition coefficient (Wildman–Crippen LogP) is 6.88. The van der Waals surface area contributed by atoms with Crippen molar-refractivity contribution in [3.63, 3.8) is 0 Å². The molecule has 10 heteroatoms. The number of pyridine rings is 1. The fourth-order valence-electron chi connectivity index (χ4n) is 5.08. The Morgan fingerprint density at radius 3 is 2.76 bits per heavy atom. The van der Waals surface area contributed by atoms with E-state index >= 15 is 0 Å². The number of rotatable bonds is 12. The van der Waals surface area contributed by atoms with Crippen LogP contribution >= 0.6 is 0 Å². The first-order valence-electron chi connectivity index (χ1n) is 15.4. The Kier molecular flexibility index (Phi) is 10.9. The molecule has 236 valence electrons. The molecule has 1 fully saturated rings. The van der Waals surface area contributed by atoms with Crippen LogP contribution in [-0.4, -0.2) is 54.1 Å². The summed E-state index contributed by atoms with van der Waals surface area (Å²) in [4.78, 5) is 30.4. The van der Waals surface area contributed by atoms with Gasteiger partial charge in [-0.2, -0.15) is 0 Å². The molecule has 2 aliphatic heterocycles. The van der Waals surface area contributed by atoms with E-state index < -0.39 is 5.79 Å². The molecule has 0 spiro atoms. The van der Waals surface area contributed by atoms with Gasteiger partial charge in [0.1, 0.15) is 11.9 Å². The van der Waals surface area contributed by atoms with Crippen molar-refractivity contribution < 1.29 is 28.5 Å². The van der Waals surface area contributed by atoms with E-state index in [4.69, 9.17) is 18.9 Å². The summed E-state index contributed by atoms with van der Waals surface area (Å²) >= 11 is 0. The van der Waals surface area contributed by atoms with Gasteiger partial charge in [0.05, 0.1) is 31.6 Å². The van der Waals surface area contributed by atoms with Gasteiger partial charge < -0.3 is 34.5 Å². The summed E-state index contributed by atoms with van der Waals surface area (Å²) in [6.45, 7) is 6.75. The van der Waals surface area contributed by atoms with Gasteiger partial charge in [0, 0.05) is 56.4 Å². The van der Waals surface area contributed by atoms with Crippen LogP contribution in [0.1, 0.15) is 68.7 Å². The number of unbranched alkanes of at least 4 members (excludes halogenated alkanes) is 3. The van der Waals surface area contributed by atoms with Crippen LogP contribution in [0.3, 0.4) is 0 Å². The molecule has 0 aliphatic carbocycles. The van der Waals surface area contributed by atoms with Gasteiger partial charge in [-0.25, -0.2) is 9.59 Å². The summed E-state index contributed by atoms with van der Waals surface area (Å²) < 4.78 is 23.0. The maximum absolute atomic E-state index is 12.4. The lowest BCUT2D eigenvalue weighted by atomic mass is 10.0. The molecule has 1 aromatic heterocycles. The van der Waals surface area contributed by atoms with Gasteiger partial charge >= 0.3 is 12.1 Å². The minimum atomic E-state index is -0.635. The fourth-order valence-corrected chi connectivity index (χ4v) is 5.08. The summed E-state index contributed by atoms with van der Waals surface area (Å²) in [6, 6.07) is 16.5. The maximum Gasteiger partial charge on any atom is 0.410 e. The van der Waals surface area contributed by atoms with E-state index in [-0.39, 0.29) is 18.2 Å². The number of hydrogen-bond acceptors (Lipinski definition) is 7. The minimum absolute atomic E-state index is 0.259. The summed E-state index contributed by atoms with van der Waals surface area (Å²) in [7, 11) is 0. The minimum Gasteiger partial charge on any atom is -0.463 e. The Hall–Kier alpha value is -4.59. The van der Waals surface area contributed by atoms with Crippen molar-refractivity contribution in [2.75, 3.05) is 36.9 Å². The predicted molar refractivity (Wildman–Crippen MR) is 171 cm³/mol. The van der Waals surface area contributed by atoms with Crippen LogP contribution in [0.5, 0.6) is 5.75 Å². The molecular formula is C35H40N4O6. The van der Waals surface area contributed by atoms with Crippen molar-refractivity contribution >= 4 is 23.5 Å². The molecule has 3 heterocycles. The summed E-state index contributed by atoms with van der Waals surface area (Å²) in [5, 5.41) is 5.54. The quantitative estimate of drug-likeness (QED) is 0.169. The number of carbonyl (C=O) groups is 2. The van der Waals surface area contributed by atoms with E-state index in [2.05, 4.69) is 27.5 Å². The zero-order valence-corrected chi connectivity index (χ0v) is 25.8. The molecule has 1 saturated heterocycles. The second kappa shape index (κ2) is 15.4. The molecule has 5 rings (SSSR count). The Labute approximate surface area is 264 Å². The third-order valence-electron chi connectivity index (χ3n) is 7.39. The van der Waals surface area contributed by atoms with Gasteiger partial charge in [0.15, 0.2) is 0 Å². The van der Waals surface area contributed by atoms with Crippen molar-refractivity contribution in [2.24, 2.45) is 0 Å². The number of aromatic nitrogens is 1. The molecule has 10 nitrogen and oxygen atoms in total. The molecule has 2 aliphatic rings. The SMILES string of the molecule is CC1(C)OCc2cc(C3CN(CCCCCCOCCC#Cc4cccc(NC(=O)Nc5cccnc5)c4)C(=O)O3)ccc2O1. The summed E-state index contributed by atoms with van der Waals surface area (Å²) in [6.07, 6.45) is 7.26. The molecule has 2 N–H and O–H groups in total. The molecule has 0 radical (unpaired) electrons. The largest absolute Gasteiger partial charge is 0.463 e. The number of urea groups is 1. The number of anilines is 2. The zero-order valence-electron chi connectivity index (χ0n) is 25.8. The first-order chi connectivity index (χ1) is 21.8. The molecule has 3 amide bonds. The van der Waals surface area contributed by atoms with Crippen molar-refractivity contribution in [3.8, 4) is 17.6 Å². The lowest BCUT2D eigenvalue weighted by Gasteiger charge is -2.32. The van der Waals surface area contributed by atoms with E-state index in [0.717, 1.165) is 48.1 Å². The van der Waals surface area contributed by atoms with Crippen LogP contribution in [0, 0.1) is 11.8 Å². The highest BCUT2D eigenvalue weighted by molar-refractivity contribution is 5.99. The van der Waals surface area contributed by atoms with Crippen LogP contribution in [0.4, 0.5) is 21.0 Å². The highest BCUT2D eigenvalue weighted by Crippen LogP contribution is 2.35. The van der Waals surface area contributed by atoms with Gasteiger partial charge in [-0.05, 0) is 60.9 Å². The second-order valence-corrected chi connectivity index (χ2v) is 11.5. The van der Waals surface area contributed by atoms with Crippen molar-refractivity contribution in [2.45, 2.75) is 64.4 Å². The van der Waals surface area contributed by atoms with E-state index in [0.29, 0.717) is 50.7 Å². The van der Waals surface area contributed by atoms with Crippen LogP contribution in [0.15, 0.2) is 67.0 Å². The normalized spacial score (nSPS) is 16.5. The van der Waals surface area contributed by atoms with E-state index in [1.807, 2.05) is 56.3 Å². The lowest BCUT2D eigenvalue weighted by Crippen LogP contribution is -2.35. The van der Waals surface area contributed by atoms with Gasteiger partial charge in [0.25, 0.3) is 0 Å². The standard InChI is InChI=1S/C35H40N4O6/c1-35(2)43-25-28-22-27(15-16-31(28)45-35)32-24-39(34(41)44-32)18-6-3-4-7-19-42-20-8-5-11-26-12-9-13-29(21-26)37-33(40)38-30-14-10-17-36-23-30/h9-10,12-17,21-23,32H,3-4,6-8,18-20,24-25H2,1-2H3,(H2,37,38,40). The molecule has 0 saturated carbocycles. The summed E-state index contributed by atoms with van der Waals surface area (Å²) in [5.74, 6) is 6.43. The molecule has 45 heavy (non-hydrogen) atoms. The highest BCUT2D eigenvalue weighted by Gasteiger charge is 2.33. The lowest BCUT2D eigenvalue weighted by molar-refractivity contribution is -0.180. The number of cyclic esters (lactones) is 1. The van der Waals surface area contributed by atoms with E-state index in [1.165, 1.54) is 0 Å². The van der Waals surface area contributed by atoms with Crippen LogP contribution in [-0.2, 0) is 20.8 Å². The Morgan fingerprint density at radius 2 is 1.89 bits per heavy atom. The van der Waals surface area contributed by atoms with Crippen molar-refractivity contribution in [1.29, 1.82) is 0 Å². The number of amides is 3. The molecule has 3 aromatic rings. The van der Waals surface area contributed by atoms with Crippen LogP contribution in [0.2, 0.25) is 0 Å². The molecule has 1 unspecified atom stereocenters. The third kappa shape index (κ3) is 9.70. The van der Waals surface area contributed by atoms with Crippen molar-refractivity contribution in [1.82, 2.24) is 9.88 Å². The second-order valence-electron chi connectivity index (χ2n) is 11.5.